The van der Waals surface area contributed by atoms with Gasteiger partial charge in [-0.3, -0.25) is 4.79 Å². The predicted octanol–water partition coefficient (Wildman–Crippen LogP) is 3.01. The van der Waals surface area contributed by atoms with Gasteiger partial charge in [0.1, 0.15) is 5.01 Å². The Morgan fingerprint density at radius 3 is 2.69 bits per heavy atom. The molecule has 1 aromatic carbocycles. The third kappa shape index (κ3) is 6.09. The van der Waals surface area contributed by atoms with Gasteiger partial charge in [-0.25, -0.2) is 9.78 Å². The minimum Gasteiger partial charge on any atom is -0.464 e. The van der Waals surface area contributed by atoms with Crippen molar-refractivity contribution in [3.63, 3.8) is 0 Å². The van der Waals surface area contributed by atoms with Crippen molar-refractivity contribution in [2.75, 3.05) is 27.4 Å². The van der Waals surface area contributed by atoms with Crippen LogP contribution in [0.4, 0.5) is 0 Å². The second-order valence-corrected chi connectivity index (χ2v) is 6.41. The molecule has 1 heterocycles. The number of amides is 1. The van der Waals surface area contributed by atoms with Gasteiger partial charge >= 0.3 is 5.97 Å². The number of carbonyl (C=O) groups is 2. The molecular formula is C19H22N2O4S. The Kier molecular flexibility index (Phi) is 7.98. The zero-order valence-corrected chi connectivity index (χ0v) is 15.7. The lowest BCUT2D eigenvalue weighted by Crippen LogP contribution is -2.30. The second kappa shape index (κ2) is 10.5. The van der Waals surface area contributed by atoms with Crippen LogP contribution in [-0.2, 0) is 20.8 Å². The summed E-state index contributed by atoms with van der Waals surface area (Å²) in [6.07, 6.45) is 4.06. The molecular weight excluding hydrogens is 352 g/mol. The van der Waals surface area contributed by atoms with Crippen molar-refractivity contribution in [3.05, 3.63) is 58.1 Å². The summed E-state index contributed by atoms with van der Waals surface area (Å²) in [5, 5.41) is 2.32. The maximum atomic E-state index is 12.6. The molecule has 0 radical (unpaired) electrons. The van der Waals surface area contributed by atoms with E-state index in [1.54, 1.807) is 29.5 Å². The van der Waals surface area contributed by atoms with E-state index < -0.39 is 5.97 Å². The Hall–Kier alpha value is -2.51. The number of thiazole rings is 1. The molecule has 7 heteroatoms. The summed E-state index contributed by atoms with van der Waals surface area (Å²) in [4.78, 5) is 30.1. The largest absolute Gasteiger partial charge is 0.464 e. The molecule has 0 unspecified atom stereocenters. The normalized spacial score (nSPS) is 10.8. The van der Waals surface area contributed by atoms with Gasteiger partial charge in [-0.05, 0) is 18.1 Å². The quantitative estimate of drug-likeness (QED) is 0.383. The van der Waals surface area contributed by atoms with Crippen LogP contribution in [-0.4, -0.2) is 49.1 Å². The number of benzene rings is 1. The molecule has 2 aromatic rings. The average Bonchev–Trinajstić information content (AvgIpc) is 3.14. The molecule has 1 aromatic heterocycles. The number of ether oxygens (including phenoxy) is 2. The molecule has 6 nitrogen and oxygen atoms in total. The molecule has 0 N–H and O–H groups in total. The molecule has 0 aliphatic heterocycles. The number of rotatable bonds is 9. The number of carbonyl (C=O) groups excluding carboxylic acids is 2. The highest BCUT2D eigenvalue weighted by molar-refractivity contribution is 7.09. The van der Waals surface area contributed by atoms with E-state index in [9.17, 15) is 9.59 Å². The van der Waals surface area contributed by atoms with Crippen molar-refractivity contribution in [2.45, 2.75) is 13.0 Å². The van der Waals surface area contributed by atoms with Crippen LogP contribution in [0.15, 0.2) is 41.8 Å². The molecule has 0 bridgehead atoms. The van der Waals surface area contributed by atoms with Gasteiger partial charge in [0.2, 0.25) is 5.91 Å². The maximum Gasteiger partial charge on any atom is 0.357 e. The molecule has 1 amide bonds. The van der Waals surface area contributed by atoms with E-state index in [2.05, 4.69) is 9.72 Å². The Bertz CT molecular complexity index is 743. The molecule has 0 aliphatic carbocycles. The van der Waals surface area contributed by atoms with Crippen LogP contribution in [0.2, 0.25) is 0 Å². The molecule has 0 atom stereocenters. The third-order valence-corrected chi connectivity index (χ3v) is 4.41. The Morgan fingerprint density at radius 1 is 1.23 bits per heavy atom. The van der Waals surface area contributed by atoms with Crippen LogP contribution in [0.1, 0.15) is 27.5 Å². The first-order valence-electron chi connectivity index (χ1n) is 8.17. The first-order valence-corrected chi connectivity index (χ1v) is 9.05. The van der Waals surface area contributed by atoms with Crippen LogP contribution in [0.25, 0.3) is 6.08 Å². The average molecular weight is 374 g/mol. The minimum atomic E-state index is -0.478. The fourth-order valence-electron chi connectivity index (χ4n) is 2.25. The lowest BCUT2D eigenvalue weighted by atomic mass is 10.2. The highest BCUT2D eigenvalue weighted by Crippen LogP contribution is 2.14. The summed E-state index contributed by atoms with van der Waals surface area (Å²) in [5.41, 5.74) is 1.22. The summed E-state index contributed by atoms with van der Waals surface area (Å²) in [7, 11) is 2.95. The van der Waals surface area contributed by atoms with Crippen LogP contribution in [0.3, 0.4) is 0 Å². The summed E-state index contributed by atoms with van der Waals surface area (Å²) in [5.74, 6) is -0.589. The number of methoxy groups -OCH3 is 2. The lowest BCUT2D eigenvalue weighted by molar-refractivity contribution is -0.126. The van der Waals surface area contributed by atoms with E-state index in [1.807, 2.05) is 30.3 Å². The SMILES string of the molecule is COCCCN(Cc1nc(C(=O)OC)cs1)C(=O)C=Cc1ccccc1. The Labute approximate surface area is 157 Å². The molecule has 0 aliphatic rings. The first kappa shape index (κ1) is 19.8. The number of nitrogens with zero attached hydrogens (tertiary/aromatic N) is 2. The van der Waals surface area contributed by atoms with Crippen LogP contribution < -0.4 is 0 Å². The van der Waals surface area contributed by atoms with Crippen molar-refractivity contribution in [3.8, 4) is 0 Å². The molecule has 26 heavy (non-hydrogen) atoms. The fraction of sp³-hybridized carbons (Fsp3) is 0.316. The van der Waals surface area contributed by atoms with Gasteiger partial charge < -0.3 is 14.4 Å². The van der Waals surface area contributed by atoms with Gasteiger partial charge in [0, 0.05) is 31.7 Å². The summed E-state index contributed by atoms with van der Waals surface area (Å²) < 4.78 is 9.74. The number of hydrogen-bond acceptors (Lipinski definition) is 6. The molecule has 138 valence electrons. The summed E-state index contributed by atoms with van der Waals surface area (Å²) in [6, 6.07) is 9.64. The molecule has 2 rings (SSSR count). The van der Waals surface area contributed by atoms with Crippen LogP contribution >= 0.6 is 11.3 Å². The highest BCUT2D eigenvalue weighted by atomic mass is 32.1. The van der Waals surface area contributed by atoms with E-state index in [1.165, 1.54) is 18.4 Å². The van der Waals surface area contributed by atoms with E-state index in [-0.39, 0.29) is 11.6 Å². The number of aromatic nitrogens is 1. The van der Waals surface area contributed by atoms with Gasteiger partial charge in [0.15, 0.2) is 5.69 Å². The van der Waals surface area contributed by atoms with Crippen molar-refractivity contribution in [1.29, 1.82) is 0 Å². The van der Waals surface area contributed by atoms with Crippen molar-refractivity contribution >= 4 is 29.3 Å². The second-order valence-electron chi connectivity index (χ2n) is 5.47. The van der Waals surface area contributed by atoms with E-state index in [4.69, 9.17) is 4.74 Å². The maximum absolute atomic E-state index is 12.6. The smallest absolute Gasteiger partial charge is 0.357 e. The van der Waals surface area contributed by atoms with Gasteiger partial charge in [-0.15, -0.1) is 11.3 Å². The van der Waals surface area contributed by atoms with Gasteiger partial charge in [0.05, 0.1) is 13.7 Å². The topological polar surface area (TPSA) is 68.7 Å². The standard InChI is InChI=1S/C19H22N2O4S/c1-24-12-6-11-21(13-17-20-16(14-26-17)19(23)25-2)18(22)10-9-15-7-4-3-5-8-15/h3-5,7-10,14H,6,11-13H2,1-2H3. The van der Waals surface area contributed by atoms with Gasteiger partial charge in [-0.1, -0.05) is 30.3 Å². The first-order chi connectivity index (χ1) is 12.6. The fourth-order valence-corrected chi connectivity index (χ4v) is 3.03. The van der Waals surface area contributed by atoms with Crippen molar-refractivity contribution < 1.29 is 19.1 Å². The third-order valence-electron chi connectivity index (χ3n) is 3.58. The van der Waals surface area contributed by atoms with E-state index in [0.29, 0.717) is 24.7 Å². The van der Waals surface area contributed by atoms with Gasteiger partial charge in [-0.2, -0.15) is 0 Å². The zero-order chi connectivity index (χ0) is 18.8. The van der Waals surface area contributed by atoms with E-state index in [0.717, 1.165) is 12.0 Å². The Morgan fingerprint density at radius 2 is 2.00 bits per heavy atom. The predicted molar refractivity (Wildman–Crippen MR) is 101 cm³/mol. The number of hydrogen-bond donors (Lipinski definition) is 0. The van der Waals surface area contributed by atoms with Gasteiger partial charge in [0.25, 0.3) is 0 Å². The molecule has 0 fully saturated rings. The van der Waals surface area contributed by atoms with Crippen LogP contribution in [0.5, 0.6) is 0 Å². The monoisotopic (exact) mass is 374 g/mol. The number of esters is 1. The molecule has 0 saturated carbocycles. The summed E-state index contributed by atoms with van der Waals surface area (Å²) in [6.45, 7) is 1.44. The highest BCUT2D eigenvalue weighted by Gasteiger charge is 2.16. The molecule has 0 saturated heterocycles. The van der Waals surface area contributed by atoms with Crippen molar-refractivity contribution in [2.24, 2.45) is 0 Å². The lowest BCUT2D eigenvalue weighted by Gasteiger charge is -2.20. The zero-order valence-electron chi connectivity index (χ0n) is 14.9. The molecule has 0 spiro atoms. The summed E-state index contributed by atoms with van der Waals surface area (Å²) >= 11 is 1.33. The van der Waals surface area contributed by atoms with Crippen LogP contribution in [0, 0.1) is 0 Å². The van der Waals surface area contributed by atoms with E-state index >= 15 is 0 Å². The van der Waals surface area contributed by atoms with Crippen molar-refractivity contribution in [1.82, 2.24) is 9.88 Å². The Balaban J connectivity index is 2.06. The minimum absolute atomic E-state index is 0.111.